The second-order valence-electron chi connectivity index (χ2n) is 6.70. The summed E-state index contributed by atoms with van der Waals surface area (Å²) in [5, 5.41) is 15.1. The zero-order valence-corrected chi connectivity index (χ0v) is 17.4. The van der Waals surface area contributed by atoms with Crippen LogP contribution in [0.25, 0.3) is 5.69 Å². The standard InChI is InChI=1S/C22H19ClN4O3/c1-12-18-19(15-8-5-9-17(28-2)20(15)29-3)16(11-24)21(25)30-22(18)27(26-12)14-7-4-6-13(23)10-14/h4-10,19H,25H2,1-3H3. The number of halogens is 1. The van der Waals surface area contributed by atoms with Crippen LogP contribution in [0.3, 0.4) is 0 Å². The van der Waals surface area contributed by atoms with Crippen molar-refractivity contribution in [2.24, 2.45) is 5.73 Å². The van der Waals surface area contributed by atoms with Gasteiger partial charge in [0.2, 0.25) is 11.8 Å². The Morgan fingerprint density at radius 2 is 1.97 bits per heavy atom. The summed E-state index contributed by atoms with van der Waals surface area (Å²) in [5.41, 5.74) is 9.33. The zero-order chi connectivity index (χ0) is 21.4. The van der Waals surface area contributed by atoms with E-state index in [-0.39, 0.29) is 11.5 Å². The lowest BCUT2D eigenvalue weighted by Crippen LogP contribution is -2.22. The van der Waals surface area contributed by atoms with E-state index in [1.54, 1.807) is 37.1 Å². The van der Waals surface area contributed by atoms with Crippen LogP contribution in [-0.4, -0.2) is 24.0 Å². The van der Waals surface area contributed by atoms with E-state index in [1.807, 2.05) is 31.2 Å². The summed E-state index contributed by atoms with van der Waals surface area (Å²) in [5.74, 6) is 0.994. The highest BCUT2D eigenvalue weighted by Crippen LogP contribution is 2.48. The summed E-state index contributed by atoms with van der Waals surface area (Å²) in [4.78, 5) is 0. The number of nitriles is 1. The molecule has 0 amide bonds. The van der Waals surface area contributed by atoms with Crippen molar-refractivity contribution in [2.45, 2.75) is 12.8 Å². The third-order valence-corrected chi connectivity index (χ3v) is 5.26. The van der Waals surface area contributed by atoms with Gasteiger partial charge in [0.1, 0.15) is 11.6 Å². The van der Waals surface area contributed by atoms with E-state index in [0.717, 1.165) is 16.8 Å². The van der Waals surface area contributed by atoms with Crippen molar-refractivity contribution < 1.29 is 14.2 Å². The molecule has 0 saturated carbocycles. The van der Waals surface area contributed by atoms with E-state index in [2.05, 4.69) is 11.2 Å². The third kappa shape index (κ3) is 3.02. The average Bonchev–Trinajstić information content (AvgIpc) is 3.07. The van der Waals surface area contributed by atoms with E-state index >= 15 is 0 Å². The molecule has 7 nitrogen and oxygen atoms in total. The molecular weight excluding hydrogens is 404 g/mol. The van der Waals surface area contributed by atoms with Crippen LogP contribution in [0.4, 0.5) is 0 Å². The molecule has 3 aromatic rings. The number of ether oxygens (including phenoxy) is 3. The molecule has 1 aromatic heterocycles. The van der Waals surface area contributed by atoms with E-state index in [0.29, 0.717) is 28.1 Å². The van der Waals surface area contributed by atoms with Gasteiger partial charge in [-0.15, -0.1) is 0 Å². The van der Waals surface area contributed by atoms with Crippen LogP contribution >= 0.6 is 11.6 Å². The molecule has 0 aliphatic carbocycles. The Balaban J connectivity index is 2.00. The Bertz CT molecular complexity index is 1210. The minimum Gasteiger partial charge on any atom is -0.493 e. The van der Waals surface area contributed by atoms with Crippen molar-refractivity contribution in [2.75, 3.05) is 14.2 Å². The Labute approximate surface area is 178 Å². The first-order valence-electron chi connectivity index (χ1n) is 9.14. The molecule has 152 valence electrons. The van der Waals surface area contributed by atoms with Gasteiger partial charge >= 0.3 is 0 Å². The predicted octanol–water partition coefficient (Wildman–Crippen LogP) is 4.07. The van der Waals surface area contributed by atoms with E-state index < -0.39 is 5.92 Å². The van der Waals surface area contributed by atoms with Crippen LogP contribution < -0.4 is 19.9 Å². The normalized spacial score (nSPS) is 15.2. The lowest BCUT2D eigenvalue weighted by atomic mass is 9.83. The van der Waals surface area contributed by atoms with Crippen LogP contribution in [0.5, 0.6) is 17.4 Å². The van der Waals surface area contributed by atoms with Crippen LogP contribution in [0.1, 0.15) is 22.7 Å². The number of benzene rings is 2. The second kappa shape index (κ2) is 7.65. The van der Waals surface area contributed by atoms with Crippen LogP contribution in [0.15, 0.2) is 53.9 Å². The molecule has 1 unspecified atom stereocenters. The van der Waals surface area contributed by atoms with E-state index in [9.17, 15) is 5.26 Å². The van der Waals surface area contributed by atoms with E-state index in [4.69, 9.17) is 31.5 Å². The minimum absolute atomic E-state index is 0.0167. The maximum atomic E-state index is 9.88. The van der Waals surface area contributed by atoms with Gasteiger partial charge in [0.05, 0.1) is 37.1 Å². The lowest BCUT2D eigenvalue weighted by molar-refractivity contribution is 0.346. The van der Waals surface area contributed by atoms with Gasteiger partial charge in [-0.05, 0) is 31.2 Å². The van der Waals surface area contributed by atoms with Crippen molar-refractivity contribution in [1.29, 1.82) is 5.26 Å². The van der Waals surface area contributed by atoms with Crippen molar-refractivity contribution in [3.05, 3.63) is 75.8 Å². The Kier molecular flexibility index (Phi) is 5.02. The molecule has 0 bridgehead atoms. The number of nitrogens with two attached hydrogens (primary N) is 1. The minimum atomic E-state index is -0.531. The van der Waals surface area contributed by atoms with Crippen molar-refractivity contribution in [1.82, 2.24) is 9.78 Å². The molecule has 1 aliphatic rings. The van der Waals surface area contributed by atoms with Gasteiger partial charge in [-0.3, -0.25) is 0 Å². The molecule has 0 radical (unpaired) electrons. The highest BCUT2D eigenvalue weighted by molar-refractivity contribution is 6.30. The number of hydrogen-bond acceptors (Lipinski definition) is 6. The van der Waals surface area contributed by atoms with Crippen LogP contribution in [-0.2, 0) is 0 Å². The average molecular weight is 423 g/mol. The summed E-state index contributed by atoms with van der Waals surface area (Å²) in [6.45, 7) is 1.86. The molecule has 2 heterocycles. The largest absolute Gasteiger partial charge is 0.493 e. The number of aryl methyl sites for hydroxylation is 1. The first-order chi connectivity index (χ1) is 14.5. The van der Waals surface area contributed by atoms with Crippen molar-refractivity contribution >= 4 is 11.6 Å². The third-order valence-electron chi connectivity index (χ3n) is 5.03. The van der Waals surface area contributed by atoms with Gasteiger partial charge in [-0.2, -0.15) is 10.4 Å². The number of aromatic nitrogens is 2. The highest BCUT2D eigenvalue weighted by atomic mass is 35.5. The number of allylic oxidation sites excluding steroid dienone is 1. The van der Waals surface area contributed by atoms with Crippen molar-refractivity contribution in [3.63, 3.8) is 0 Å². The topological polar surface area (TPSA) is 95.3 Å². The fourth-order valence-electron chi connectivity index (χ4n) is 3.75. The Morgan fingerprint density at radius 1 is 1.20 bits per heavy atom. The van der Waals surface area contributed by atoms with Crippen molar-refractivity contribution in [3.8, 4) is 29.1 Å². The molecule has 1 aliphatic heterocycles. The molecule has 0 fully saturated rings. The van der Waals surface area contributed by atoms with Gasteiger partial charge in [0, 0.05) is 10.6 Å². The maximum absolute atomic E-state index is 9.88. The number of fused-ring (bicyclic) bond motifs is 1. The molecule has 30 heavy (non-hydrogen) atoms. The molecule has 2 N–H and O–H groups in total. The predicted molar refractivity (Wildman–Crippen MR) is 112 cm³/mol. The Morgan fingerprint density at radius 3 is 2.63 bits per heavy atom. The molecular formula is C22H19ClN4O3. The molecule has 0 saturated heterocycles. The number of para-hydroxylation sites is 1. The monoisotopic (exact) mass is 422 g/mol. The summed E-state index contributed by atoms with van der Waals surface area (Å²) in [7, 11) is 3.12. The first kappa shape index (κ1) is 19.7. The van der Waals surface area contributed by atoms with Crippen LogP contribution in [0, 0.1) is 18.3 Å². The molecule has 4 rings (SSSR count). The highest BCUT2D eigenvalue weighted by Gasteiger charge is 2.38. The van der Waals surface area contributed by atoms with Gasteiger partial charge in [-0.25, -0.2) is 4.68 Å². The lowest BCUT2D eigenvalue weighted by Gasteiger charge is -2.26. The van der Waals surface area contributed by atoms with Gasteiger partial charge in [-0.1, -0.05) is 29.8 Å². The number of nitrogens with zero attached hydrogens (tertiary/aromatic N) is 3. The molecule has 1 atom stereocenters. The van der Waals surface area contributed by atoms with Gasteiger partial charge < -0.3 is 19.9 Å². The zero-order valence-electron chi connectivity index (χ0n) is 16.6. The van der Waals surface area contributed by atoms with E-state index in [1.165, 1.54) is 0 Å². The summed E-state index contributed by atoms with van der Waals surface area (Å²) >= 11 is 6.17. The Hall–Kier alpha value is -3.63. The first-order valence-corrected chi connectivity index (χ1v) is 9.51. The van der Waals surface area contributed by atoms with Crippen LogP contribution in [0.2, 0.25) is 5.02 Å². The quantitative estimate of drug-likeness (QED) is 0.680. The summed E-state index contributed by atoms with van der Waals surface area (Å²) in [6, 6.07) is 15.0. The summed E-state index contributed by atoms with van der Waals surface area (Å²) < 4.78 is 18.6. The van der Waals surface area contributed by atoms with Gasteiger partial charge in [0.15, 0.2) is 11.5 Å². The smallest absolute Gasteiger partial charge is 0.229 e. The molecule has 0 spiro atoms. The fourth-order valence-corrected chi connectivity index (χ4v) is 3.93. The maximum Gasteiger partial charge on any atom is 0.229 e. The molecule has 8 heteroatoms. The van der Waals surface area contributed by atoms with Gasteiger partial charge in [0.25, 0.3) is 0 Å². The SMILES string of the molecule is COc1cccc(C2C(C#N)=C(N)Oc3c2c(C)nn3-c2cccc(Cl)c2)c1OC. The number of rotatable bonds is 4. The molecule has 2 aromatic carbocycles. The second-order valence-corrected chi connectivity index (χ2v) is 7.14. The number of hydrogen-bond donors (Lipinski definition) is 1. The fraction of sp³-hybridized carbons (Fsp3) is 0.182. The number of methoxy groups -OCH3 is 2. The summed E-state index contributed by atoms with van der Waals surface area (Å²) in [6.07, 6.45) is 0.